The van der Waals surface area contributed by atoms with E-state index in [1.807, 2.05) is 24.0 Å². The first-order chi connectivity index (χ1) is 11.6. The topological polar surface area (TPSA) is 38.8 Å². The number of thiophene rings is 1. The molecule has 5 nitrogen and oxygen atoms in total. The van der Waals surface area contributed by atoms with Crippen LogP contribution in [0.25, 0.3) is 0 Å². The predicted molar refractivity (Wildman–Crippen MR) is 102 cm³/mol. The zero-order valence-corrected chi connectivity index (χ0v) is 16.3. The lowest BCUT2D eigenvalue weighted by Gasteiger charge is -2.32. The zero-order valence-electron chi connectivity index (χ0n) is 14.8. The summed E-state index contributed by atoms with van der Waals surface area (Å²) < 4.78 is 0.769. The number of rotatable bonds is 8. The molecule has 0 radical (unpaired) electrons. The Morgan fingerprint density at radius 2 is 2.04 bits per heavy atom. The van der Waals surface area contributed by atoms with Gasteiger partial charge in [0.15, 0.2) is 0 Å². The molecule has 1 aliphatic heterocycles. The summed E-state index contributed by atoms with van der Waals surface area (Å²) in [4.78, 5) is 20.1. The molecule has 0 aromatic carbocycles. The highest BCUT2D eigenvalue weighted by Crippen LogP contribution is 2.22. The minimum atomic E-state index is 0.0154. The number of nitrogens with one attached hydrogen (secondary N) is 1. The summed E-state index contributed by atoms with van der Waals surface area (Å²) in [5.74, 6) is 0. The van der Waals surface area contributed by atoms with Gasteiger partial charge in [-0.2, -0.15) is 0 Å². The number of nitrogens with zero attached hydrogens (tertiary/aromatic N) is 3. The SMILES string of the molecule is CCN(Cc1ccc(Cl)s1)C(=O)NCCCCN1CCN(C)CC1. The lowest BCUT2D eigenvalue weighted by Crippen LogP contribution is -2.44. The largest absolute Gasteiger partial charge is 0.338 e. The van der Waals surface area contributed by atoms with Crippen LogP contribution in [0.1, 0.15) is 24.6 Å². The molecule has 0 aliphatic carbocycles. The number of likely N-dealkylation sites (N-methyl/N-ethyl adjacent to an activating group) is 1. The Bertz CT molecular complexity index is 503. The van der Waals surface area contributed by atoms with E-state index in [4.69, 9.17) is 11.6 Å². The maximum atomic E-state index is 12.3. The second-order valence-electron chi connectivity index (χ2n) is 6.30. The summed E-state index contributed by atoms with van der Waals surface area (Å²) in [5, 5.41) is 3.04. The van der Waals surface area contributed by atoms with Crippen LogP contribution in [0.4, 0.5) is 4.79 Å². The summed E-state index contributed by atoms with van der Waals surface area (Å²) in [6, 6.07) is 3.88. The molecule has 24 heavy (non-hydrogen) atoms. The van der Waals surface area contributed by atoms with Gasteiger partial charge in [-0.25, -0.2) is 4.79 Å². The van der Waals surface area contributed by atoms with Crippen molar-refractivity contribution in [2.24, 2.45) is 0 Å². The molecular weight excluding hydrogens is 344 g/mol. The maximum absolute atomic E-state index is 12.3. The summed E-state index contributed by atoms with van der Waals surface area (Å²) in [6.07, 6.45) is 2.16. The van der Waals surface area contributed by atoms with Crippen molar-refractivity contribution in [3.63, 3.8) is 0 Å². The van der Waals surface area contributed by atoms with E-state index in [0.29, 0.717) is 13.1 Å². The van der Waals surface area contributed by atoms with Crippen molar-refractivity contribution in [1.29, 1.82) is 0 Å². The first-order valence-corrected chi connectivity index (χ1v) is 9.96. The number of piperazine rings is 1. The van der Waals surface area contributed by atoms with Crippen LogP contribution in [0.5, 0.6) is 0 Å². The zero-order chi connectivity index (χ0) is 17.4. The molecule has 0 spiro atoms. The summed E-state index contributed by atoms with van der Waals surface area (Å²) in [7, 11) is 2.18. The van der Waals surface area contributed by atoms with Crippen LogP contribution < -0.4 is 5.32 Å². The number of hydrogen-bond donors (Lipinski definition) is 1. The number of urea groups is 1. The molecule has 7 heteroatoms. The Hall–Kier alpha value is -0.820. The highest BCUT2D eigenvalue weighted by atomic mass is 35.5. The van der Waals surface area contributed by atoms with Gasteiger partial charge in [0.1, 0.15) is 0 Å². The van der Waals surface area contributed by atoms with E-state index in [9.17, 15) is 4.79 Å². The highest BCUT2D eigenvalue weighted by Gasteiger charge is 2.14. The molecule has 0 bridgehead atoms. The smallest absolute Gasteiger partial charge is 0.317 e. The molecule has 1 aromatic rings. The molecule has 2 amide bonds. The van der Waals surface area contributed by atoms with E-state index >= 15 is 0 Å². The van der Waals surface area contributed by atoms with E-state index in [0.717, 1.165) is 61.3 Å². The quantitative estimate of drug-likeness (QED) is 0.713. The average Bonchev–Trinajstić information content (AvgIpc) is 2.99. The third-order valence-electron chi connectivity index (χ3n) is 4.42. The molecule has 0 atom stereocenters. The van der Waals surface area contributed by atoms with Crippen molar-refractivity contribution in [3.8, 4) is 0 Å². The van der Waals surface area contributed by atoms with E-state index in [-0.39, 0.29) is 6.03 Å². The summed E-state index contributed by atoms with van der Waals surface area (Å²) in [6.45, 7) is 9.85. The highest BCUT2D eigenvalue weighted by molar-refractivity contribution is 7.16. The van der Waals surface area contributed by atoms with Gasteiger partial charge in [0, 0.05) is 44.1 Å². The molecule has 1 aromatic heterocycles. The second-order valence-corrected chi connectivity index (χ2v) is 8.10. The van der Waals surface area contributed by atoms with Gasteiger partial charge in [-0.1, -0.05) is 11.6 Å². The standard InChI is InChI=1S/C17H29ClN4OS/c1-3-22(14-15-6-7-16(18)24-15)17(23)19-8-4-5-9-21-12-10-20(2)11-13-21/h6-7H,3-5,8-14H2,1-2H3,(H,19,23). The van der Waals surface area contributed by atoms with Gasteiger partial charge < -0.3 is 20.0 Å². The number of carbonyl (C=O) groups excluding carboxylic acids is 1. The summed E-state index contributed by atoms with van der Waals surface area (Å²) >= 11 is 7.48. The van der Waals surface area contributed by atoms with Crippen LogP contribution in [0, 0.1) is 0 Å². The molecule has 1 N–H and O–H groups in total. The van der Waals surface area contributed by atoms with Crippen molar-refractivity contribution >= 4 is 29.0 Å². The first kappa shape index (κ1) is 19.5. The Morgan fingerprint density at radius 3 is 2.67 bits per heavy atom. The van der Waals surface area contributed by atoms with Crippen LogP contribution in [-0.4, -0.2) is 73.6 Å². The molecule has 2 heterocycles. The van der Waals surface area contributed by atoms with Crippen molar-refractivity contribution in [3.05, 3.63) is 21.3 Å². The lowest BCUT2D eigenvalue weighted by molar-refractivity contribution is 0.152. The van der Waals surface area contributed by atoms with Crippen LogP contribution in [0.2, 0.25) is 4.34 Å². The summed E-state index contributed by atoms with van der Waals surface area (Å²) in [5.41, 5.74) is 0. The van der Waals surface area contributed by atoms with Crippen LogP contribution >= 0.6 is 22.9 Å². The first-order valence-electron chi connectivity index (χ1n) is 8.76. The fourth-order valence-corrected chi connectivity index (χ4v) is 3.89. The van der Waals surface area contributed by atoms with Crippen molar-refractivity contribution in [2.45, 2.75) is 26.3 Å². The van der Waals surface area contributed by atoms with Crippen LogP contribution in [0.15, 0.2) is 12.1 Å². The molecule has 1 saturated heterocycles. The van der Waals surface area contributed by atoms with Crippen LogP contribution in [-0.2, 0) is 6.54 Å². The van der Waals surface area contributed by atoms with E-state index in [2.05, 4.69) is 22.2 Å². The number of carbonyl (C=O) groups is 1. The minimum Gasteiger partial charge on any atom is -0.338 e. The van der Waals surface area contributed by atoms with Gasteiger partial charge in [0.05, 0.1) is 10.9 Å². The van der Waals surface area contributed by atoms with Gasteiger partial charge in [-0.15, -0.1) is 11.3 Å². The van der Waals surface area contributed by atoms with Crippen molar-refractivity contribution < 1.29 is 4.79 Å². The predicted octanol–water partition coefficient (Wildman–Crippen LogP) is 2.96. The minimum absolute atomic E-state index is 0.0154. The normalized spacial score (nSPS) is 16.3. The number of halogens is 1. The van der Waals surface area contributed by atoms with Gasteiger partial charge in [0.25, 0.3) is 0 Å². The Kier molecular flexibility index (Phi) is 8.32. The Labute approximate surface area is 154 Å². The average molecular weight is 373 g/mol. The van der Waals surface area contributed by atoms with E-state index in [1.54, 1.807) is 0 Å². The number of unbranched alkanes of at least 4 members (excludes halogenated alkanes) is 1. The van der Waals surface area contributed by atoms with Gasteiger partial charge in [-0.3, -0.25) is 0 Å². The second kappa shape index (κ2) is 10.2. The maximum Gasteiger partial charge on any atom is 0.317 e. The third kappa shape index (κ3) is 6.59. The fraction of sp³-hybridized carbons (Fsp3) is 0.706. The molecular formula is C17H29ClN4OS. The van der Waals surface area contributed by atoms with Crippen molar-refractivity contribution in [2.75, 3.05) is 52.9 Å². The molecule has 0 unspecified atom stereocenters. The molecule has 0 saturated carbocycles. The lowest BCUT2D eigenvalue weighted by atomic mass is 10.2. The van der Waals surface area contributed by atoms with Gasteiger partial charge in [0.2, 0.25) is 0 Å². The van der Waals surface area contributed by atoms with E-state index in [1.165, 1.54) is 11.3 Å². The van der Waals surface area contributed by atoms with Crippen molar-refractivity contribution in [1.82, 2.24) is 20.0 Å². The van der Waals surface area contributed by atoms with Gasteiger partial charge >= 0.3 is 6.03 Å². The van der Waals surface area contributed by atoms with Crippen LogP contribution in [0.3, 0.4) is 0 Å². The molecule has 1 fully saturated rings. The third-order valence-corrected chi connectivity index (χ3v) is 5.63. The number of hydrogen-bond acceptors (Lipinski definition) is 4. The fourth-order valence-electron chi connectivity index (χ4n) is 2.79. The molecule has 2 rings (SSSR count). The Balaban J connectivity index is 1.59. The Morgan fingerprint density at radius 1 is 1.29 bits per heavy atom. The van der Waals surface area contributed by atoms with E-state index < -0.39 is 0 Å². The number of amides is 2. The molecule has 1 aliphatic rings. The van der Waals surface area contributed by atoms with Gasteiger partial charge in [-0.05, 0) is 45.5 Å². The molecule has 136 valence electrons. The monoisotopic (exact) mass is 372 g/mol.